The van der Waals surface area contributed by atoms with E-state index in [1.54, 1.807) is 0 Å². The number of hydrogen-bond donors (Lipinski definition) is 1. The maximum absolute atomic E-state index is 11.2. The molecule has 2 nitrogen and oxygen atoms in total. The monoisotopic (exact) mass is 246 g/mol. The smallest absolute Gasteiger partial charge is 0.128 e. The molecule has 0 radical (unpaired) electrons. The fourth-order valence-electron chi connectivity index (χ4n) is 3.89. The zero-order chi connectivity index (χ0) is 13.0. The summed E-state index contributed by atoms with van der Waals surface area (Å²) in [4.78, 5) is 0. The van der Waals surface area contributed by atoms with Gasteiger partial charge in [0.05, 0.1) is 12.2 Å². The molecule has 1 fully saturated rings. The molecule has 0 spiro atoms. The number of ether oxygens (including phenoxy) is 1. The molecule has 1 N–H and O–H groups in total. The highest BCUT2D eigenvalue weighted by molar-refractivity contribution is 5.47. The van der Waals surface area contributed by atoms with Crippen LogP contribution in [0.2, 0.25) is 0 Å². The molecule has 2 heteroatoms. The lowest BCUT2D eigenvalue weighted by Gasteiger charge is -2.30. The molecule has 1 aromatic carbocycles. The van der Waals surface area contributed by atoms with Gasteiger partial charge in [0.1, 0.15) is 5.75 Å². The van der Waals surface area contributed by atoms with E-state index in [9.17, 15) is 5.11 Å². The van der Waals surface area contributed by atoms with Crippen LogP contribution < -0.4 is 4.74 Å². The van der Waals surface area contributed by atoms with Crippen LogP contribution in [0.3, 0.4) is 0 Å². The summed E-state index contributed by atoms with van der Waals surface area (Å²) in [6, 6.07) is 6.21. The third-order valence-corrected chi connectivity index (χ3v) is 4.60. The van der Waals surface area contributed by atoms with E-state index >= 15 is 0 Å². The molecule has 1 aliphatic heterocycles. The molecular weight excluding hydrogens is 224 g/mol. The lowest BCUT2D eigenvalue weighted by atomic mass is 9.82. The number of para-hydroxylation sites is 1. The van der Waals surface area contributed by atoms with Gasteiger partial charge in [-0.1, -0.05) is 39.0 Å². The highest BCUT2D eigenvalue weighted by Crippen LogP contribution is 2.55. The minimum absolute atomic E-state index is 0.204. The van der Waals surface area contributed by atoms with E-state index < -0.39 is 5.60 Å². The first-order chi connectivity index (χ1) is 8.42. The van der Waals surface area contributed by atoms with Gasteiger partial charge in [0, 0.05) is 12.0 Å². The fraction of sp³-hybridized carbons (Fsp3) is 0.625. The van der Waals surface area contributed by atoms with E-state index in [0.717, 1.165) is 37.2 Å². The van der Waals surface area contributed by atoms with Crippen molar-refractivity contribution in [2.75, 3.05) is 6.61 Å². The SMILES string of the molecule is CC1CC(C)(C)CC1(O)c1cccc2c1OCC2. The van der Waals surface area contributed by atoms with Gasteiger partial charge in [-0.3, -0.25) is 0 Å². The predicted octanol–water partition coefficient (Wildman–Crippen LogP) is 3.27. The van der Waals surface area contributed by atoms with Crippen LogP contribution in [-0.2, 0) is 12.0 Å². The quantitative estimate of drug-likeness (QED) is 0.824. The highest BCUT2D eigenvalue weighted by Gasteiger charge is 2.50. The number of aliphatic hydroxyl groups is 1. The summed E-state index contributed by atoms with van der Waals surface area (Å²) in [6.45, 7) is 7.39. The average molecular weight is 246 g/mol. The molecule has 0 saturated heterocycles. The van der Waals surface area contributed by atoms with Gasteiger partial charge in [0.25, 0.3) is 0 Å². The molecule has 2 atom stereocenters. The number of benzene rings is 1. The van der Waals surface area contributed by atoms with Gasteiger partial charge in [-0.15, -0.1) is 0 Å². The molecule has 0 aromatic heterocycles. The van der Waals surface area contributed by atoms with Crippen molar-refractivity contribution in [3.63, 3.8) is 0 Å². The summed E-state index contributed by atoms with van der Waals surface area (Å²) >= 11 is 0. The van der Waals surface area contributed by atoms with Crippen molar-refractivity contribution >= 4 is 0 Å². The molecule has 3 rings (SSSR count). The van der Waals surface area contributed by atoms with Crippen LogP contribution in [0.5, 0.6) is 5.75 Å². The van der Waals surface area contributed by atoms with Crippen LogP contribution in [0.4, 0.5) is 0 Å². The normalized spacial score (nSPS) is 33.2. The van der Waals surface area contributed by atoms with E-state index in [4.69, 9.17) is 4.74 Å². The largest absolute Gasteiger partial charge is 0.493 e. The van der Waals surface area contributed by atoms with Gasteiger partial charge in [-0.2, -0.15) is 0 Å². The van der Waals surface area contributed by atoms with Gasteiger partial charge in [-0.05, 0) is 29.7 Å². The first-order valence-electron chi connectivity index (χ1n) is 6.90. The molecule has 98 valence electrons. The van der Waals surface area contributed by atoms with Gasteiger partial charge in [-0.25, -0.2) is 0 Å². The molecule has 0 amide bonds. The summed E-state index contributed by atoms with van der Waals surface area (Å²) in [6.07, 6.45) is 2.85. The minimum Gasteiger partial charge on any atom is -0.493 e. The van der Waals surface area contributed by atoms with E-state index in [-0.39, 0.29) is 11.3 Å². The topological polar surface area (TPSA) is 29.5 Å². The van der Waals surface area contributed by atoms with E-state index in [0.29, 0.717) is 0 Å². The lowest BCUT2D eigenvalue weighted by Crippen LogP contribution is -2.29. The Morgan fingerprint density at radius 1 is 1.33 bits per heavy atom. The van der Waals surface area contributed by atoms with Crippen LogP contribution in [0.25, 0.3) is 0 Å². The van der Waals surface area contributed by atoms with E-state index in [2.05, 4.69) is 32.9 Å². The Hall–Kier alpha value is -1.02. The second-order valence-electron chi connectivity index (χ2n) is 6.76. The Bertz CT molecular complexity index is 478. The molecule has 2 unspecified atom stereocenters. The lowest BCUT2D eigenvalue weighted by molar-refractivity contribution is -0.00288. The Balaban J connectivity index is 2.08. The predicted molar refractivity (Wildman–Crippen MR) is 71.7 cm³/mol. The minimum atomic E-state index is -0.723. The molecule has 18 heavy (non-hydrogen) atoms. The van der Waals surface area contributed by atoms with Crippen LogP contribution in [-0.4, -0.2) is 11.7 Å². The first-order valence-corrected chi connectivity index (χ1v) is 6.90. The Morgan fingerprint density at radius 3 is 2.78 bits per heavy atom. The molecule has 1 heterocycles. The summed E-state index contributed by atoms with van der Waals surface area (Å²) in [5.74, 6) is 1.23. The standard InChI is InChI=1S/C16H22O2/c1-11-9-15(2,3)10-16(11,17)13-6-4-5-12-7-8-18-14(12)13/h4-6,11,17H,7-10H2,1-3H3. The van der Waals surface area contributed by atoms with E-state index in [1.807, 2.05) is 6.07 Å². The third kappa shape index (κ3) is 1.66. The number of fused-ring (bicyclic) bond motifs is 1. The van der Waals surface area contributed by atoms with Crippen molar-refractivity contribution in [1.29, 1.82) is 0 Å². The zero-order valence-corrected chi connectivity index (χ0v) is 11.5. The Morgan fingerprint density at radius 2 is 2.11 bits per heavy atom. The molecular formula is C16H22O2. The van der Waals surface area contributed by atoms with Gasteiger partial charge < -0.3 is 9.84 Å². The summed E-state index contributed by atoms with van der Waals surface area (Å²) < 4.78 is 5.76. The first kappa shape index (κ1) is 12.0. The Kier molecular flexibility index (Phi) is 2.50. The van der Waals surface area contributed by atoms with Crippen LogP contribution in [0.15, 0.2) is 18.2 Å². The molecule has 0 bridgehead atoms. The summed E-state index contributed by atoms with van der Waals surface area (Å²) in [5.41, 5.74) is 1.74. The zero-order valence-electron chi connectivity index (χ0n) is 11.5. The van der Waals surface area contributed by atoms with Crippen molar-refractivity contribution in [3.8, 4) is 5.75 Å². The molecule has 1 aromatic rings. The second-order valence-corrected chi connectivity index (χ2v) is 6.76. The highest BCUT2D eigenvalue weighted by atomic mass is 16.5. The summed E-state index contributed by atoms with van der Waals surface area (Å²) in [7, 11) is 0. The van der Waals surface area contributed by atoms with Crippen molar-refractivity contribution in [2.24, 2.45) is 11.3 Å². The maximum Gasteiger partial charge on any atom is 0.128 e. The van der Waals surface area contributed by atoms with Crippen molar-refractivity contribution in [1.82, 2.24) is 0 Å². The summed E-state index contributed by atoms with van der Waals surface area (Å²) in [5, 5.41) is 11.2. The molecule has 1 aliphatic carbocycles. The van der Waals surface area contributed by atoms with Crippen molar-refractivity contribution in [3.05, 3.63) is 29.3 Å². The van der Waals surface area contributed by atoms with Crippen molar-refractivity contribution in [2.45, 2.75) is 45.6 Å². The maximum atomic E-state index is 11.2. The third-order valence-electron chi connectivity index (χ3n) is 4.60. The van der Waals surface area contributed by atoms with Gasteiger partial charge >= 0.3 is 0 Å². The van der Waals surface area contributed by atoms with Crippen LogP contribution >= 0.6 is 0 Å². The van der Waals surface area contributed by atoms with Crippen LogP contribution in [0, 0.1) is 11.3 Å². The van der Waals surface area contributed by atoms with Crippen LogP contribution in [0.1, 0.15) is 44.7 Å². The van der Waals surface area contributed by atoms with Gasteiger partial charge in [0.15, 0.2) is 0 Å². The molecule has 1 saturated carbocycles. The second kappa shape index (κ2) is 3.74. The Labute approximate surface area is 109 Å². The number of hydrogen-bond acceptors (Lipinski definition) is 2. The average Bonchev–Trinajstić information content (AvgIpc) is 2.81. The van der Waals surface area contributed by atoms with E-state index in [1.165, 1.54) is 5.56 Å². The molecule has 2 aliphatic rings. The fourth-order valence-corrected chi connectivity index (χ4v) is 3.89. The number of rotatable bonds is 1. The van der Waals surface area contributed by atoms with Gasteiger partial charge in [0.2, 0.25) is 0 Å². The van der Waals surface area contributed by atoms with Crippen molar-refractivity contribution < 1.29 is 9.84 Å².